The predicted octanol–water partition coefficient (Wildman–Crippen LogP) is 2.69. The average molecular weight is 391 g/mol. The fraction of sp³-hybridized carbons (Fsp3) is 0.227. The molecule has 2 aromatic heterocycles. The lowest BCUT2D eigenvalue weighted by Gasteiger charge is -2.12. The van der Waals surface area contributed by atoms with Crippen molar-refractivity contribution in [3.05, 3.63) is 60.4 Å². The number of ether oxygens (including phenoxy) is 1. The molecule has 1 amide bonds. The summed E-state index contributed by atoms with van der Waals surface area (Å²) in [7, 11) is 5.51. The number of carbonyl (C=O) groups is 1. The lowest BCUT2D eigenvalue weighted by molar-refractivity contribution is 0.0951. The van der Waals surface area contributed by atoms with E-state index in [0.29, 0.717) is 23.8 Å². The minimum atomic E-state index is -0.101. The van der Waals surface area contributed by atoms with E-state index in [1.54, 1.807) is 25.6 Å². The lowest BCUT2D eigenvalue weighted by atomic mass is 10.00. The zero-order valence-corrected chi connectivity index (χ0v) is 16.8. The molecule has 0 aliphatic carbocycles. The molecule has 0 atom stereocenters. The Hall–Kier alpha value is -3.45. The Bertz CT molecular complexity index is 1000. The number of hydrogen-bond acceptors (Lipinski definition) is 6. The predicted molar refractivity (Wildman–Crippen MR) is 115 cm³/mol. The van der Waals surface area contributed by atoms with Gasteiger partial charge in [-0.05, 0) is 49.5 Å². The van der Waals surface area contributed by atoms with E-state index in [9.17, 15) is 4.79 Å². The zero-order chi connectivity index (χ0) is 20.8. The number of methoxy groups -OCH3 is 1. The number of pyridine rings is 2. The topological polar surface area (TPSA) is 93.4 Å². The summed E-state index contributed by atoms with van der Waals surface area (Å²) >= 11 is 0. The van der Waals surface area contributed by atoms with Crippen molar-refractivity contribution in [1.29, 1.82) is 0 Å². The van der Waals surface area contributed by atoms with Gasteiger partial charge in [-0.2, -0.15) is 0 Å². The zero-order valence-electron chi connectivity index (χ0n) is 16.8. The van der Waals surface area contributed by atoms with Crippen molar-refractivity contribution in [3.8, 4) is 28.1 Å². The number of nitrogen functional groups attached to an aromatic ring is 1. The molecule has 0 aliphatic rings. The molecule has 150 valence electrons. The van der Waals surface area contributed by atoms with Gasteiger partial charge in [-0.1, -0.05) is 12.1 Å². The Kier molecular flexibility index (Phi) is 6.41. The molecule has 0 radical (unpaired) electrons. The summed E-state index contributed by atoms with van der Waals surface area (Å²) in [6.07, 6.45) is 3.37. The van der Waals surface area contributed by atoms with Crippen molar-refractivity contribution in [2.24, 2.45) is 0 Å². The van der Waals surface area contributed by atoms with E-state index in [2.05, 4.69) is 15.3 Å². The number of anilines is 1. The smallest absolute Gasteiger partial charge is 0.251 e. The molecule has 2 heterocycles. The Labute approximate surface area is 170 Å². The number of amides is 1. The van der Waals surface area contributed by atoms with Gasteiger partial charge in [0.15, 0.2) is 0 Å². The van der Waals surface area contributed by atoms with Crippen LogP contribution in [0.25, 0.3) is 22.3 Å². The van der Waals surface area contributed by atoms with E-state index in [0.717, 1.165) is 28.8 Å². The minimum absolute atomic E-state index is 0.101. The third-order valence-electron chi connectivity index (χ3n) is 4.48. The number of benzene rings is 1. The molecule has 0 unspecified atom stereocenters. The molecule has 7 nitrogen and oxygen atoms in total. The molecule has 1 aromatic carbocycles. The molecule has 3 aromatic rings. The van der Waals surface area contributed by atoms with E-state index in [4.69, 9.17) is 10.5 Å². The molecule has 0 saturated heterocycles. The van der Waals surface area contributed by atoms with Gasteiger partial charge in [-0.25, -0.2) is 9.97 Å². The van der Waals surface area contributed by atoms with Gasteiger partial charge in [0, 0.05) is 48.2 Å². The number of nitrogens with zero attached hydrogens (tertiary/aromatic N) is 3. The van der Waals surface area contributed by atoms with Crippen LogP contribution in [-0.4, -0.2) is 55.1 Å². The lowest BCUT2D eigenvalue weighted by Crippen LogP contribution is -2.31. The van der Waals surface area contributed by atoms with E-state index >= 15 is 0 Å². The highest BCUT2D eigenvalue weighted by atomic mass is 16.5. The molecule has 3 N–H and O–H groups in total. The highest BCUT2D eigenvalue weighted by Gasteiger charge is 2.11. The van der Waals surface area contributed by atoms with Crippen LogP contribution in [0.1, 0.15) is 10.4 Å². The quantitative estimate of drug-likeness (QED) is 0.643. The van der Waals surface area contributed by atoms with Crippen molar-refractivity contribution in [2.45, 2.75) is 0 Å². The summed E-state index contributed by atoms with van der Waals surface area (Å²) in [5.41, 5.74) is 10.1. The maximum Gasteiger partial charge on any atom is 0.251 e. The number of nitrogens with two attached hydrogens (primary N) is 1. The minimum Gasteiger partial charge on any atom is -0.481 e. The molecule has 29 heavy (non-hydrogen) atoms. The first-order valence-corrected chi connectivity index (χ1v) is 9.27. The number of carbonyl (C=O) groups excluding carboxylic acids is 1. The van der Waals surface area contributed by atoms with Crippen LogP contribution >= 0.6 is 0 Å². The fourth-order valence-electron chi connectivity index (χ4n) is 2.89. The van der Waals surface area contributed by atoms with E-state index < -0.39 is 0 Å². The summed E-state index contributed by atoms with van der Waals surface area (Å²) in [5.74, 6) is 0.819. The number of nitrogens with one attached hydrogen (secondary N) is 1. The number of aromatic nitrogens is 2. The molecule has 7 heteroatoms. The first-order chi connectivity index (χ1) is 14.0. The first-order valence-electron chi connectivity index (χ1n) is 9.27. The molecule has 0 fully saturated rings. The second-order valence-electron chi connectivity index (χ2n) is 6.88. The van der Waals surface area contributed by atoms with Gasteiger partial charge < -0.3 is 20.7 Å². The van der Waals surface area contributed by atoms with Crippen LogP contribution in [0.5, 0.6) is 5.88 Å². The molecule has 0 spiro atoms. The summed E-state index contributed by atoms with van der Waals surface area (Å²) in [4.78, 5) is 22.9. The van der Waals surface area contributed by atoms with E-state index in [1.807, 2.05) is 55.4 Å². The second kappa shape index (κ2) is 9.16. The Morgan fingerprint density at radius 2 is 1.93 bits per heavy atom. The molecule has 3 rings (SSSR count). The van der Waals surface area contributed by atoms with Crippen LogP contribution < -0.4 is 15.8 Å². The highest BCUT2D eigenvalue weighted by molar-refractivity contribution is 5.95. The van der Waals surface area contributed by atoms with Crippen molar-refractivity contribution in [2.75, 3.05) is 40.0 Å². The van der Waals surface area contributed by atoms with Gasteiger partial charge in [0.25, 0.3) is 5.91 Å². The first kappa shape index (κ1) is 20.3. The maximum absolute atomic E-state index is 12.4. The van der Waals surface area contributed by atoms with Gasteiger partial charge >= 0.3 is 0 Å². The van der Waals surface area contributed by atoms with Gasteiger partial charge in [0.1, 0.15) is 5.82 Å². The number of hydrogen-bond donors (Lipinski definition) is 2. The van der Waals surface area contributed by atoms with Crippen molar-refractivity contribution >= 4 is 11.7 Å². The largest absolute Gasteiger partial charge is 0.481 e. The number of likely N-dealkylation sites (N-methyl/N-ethyl adjacent to an activating group) is 1. The summed E-state index contributed by atoms with van der Waals surface area (Å²) in [6.45, 7) is 1.37. The van der Waals surface area contributed by atoms with Crippen LogP contribution in [0.2, 0.25) is 0 Å². The molecule has 0 bridgehead atoms. The highest BCUT2D eigenvalue weighted by Crippen LogP contribution is 2.31. The molecule has 0 aliphatic heterocycles. The van der Waals surface area contributed by atoms with Gasteiger partial charge in [0.05, 0.1) is 7.11 Å². The van der Waals surface area contributed by atoms with Crippen molar-refractivity contribution in [1.82, 2.24) is 20.2 Å². The van der Waals surface area contributed by atoms with Gasteiger partial charge in [0.2, 0.25) is 5.88 Å². The Morgan fingerprint density at radius 3 is 2.69 bits per heavy atom. The standard InChI is InChI=1S/C22H25N5O2/c1-27(2)10-9-25-22(28)17-6-4-5-15(11-17)18-12-19(21(23)26-14-18)16-7-8-24-20(13-16)29-3/h4-8,11-14H,9-10H2,1-3H3,(H2,23,26)(H,25,28). The molecular formula is C22H25N5O2. The van der Waals surface area contributed by atoms with Crippen LogP contribution in [0.4, 0.5) is 5.82 Å². The summed E-state index contributed by atoms with van der Waals surface area (Å²) in [6, 6.07) is 13.1. The van der Waals surface area contributed by atoms with Crippen LogP contribution in [0.15, 0.2) is 54.9 Å². The molecule has 0 saturated carbocycles. The monoisotopic (exact) mass is 391 g/mol. The summed E-state index contributed by atoms with van der Waals surface area (Å²) < 4.78 is 5.20. The Morgan fingerprint density at radius 1 is 1.10 bits per heavy atom. The third-order valence-corrected chi connectivity index (χ3v) is 4.48. The fourth-order valence-corrected chi connectivity index (χ4v) is 2.89. The average Bonchev–Trinajstić information content (AvgIpc) is 2.74. The Balaban J connectivity index is 1.88. The van der Waals surface area contributed by atoms with Crippen molar-refractivity contribution < 1.29 is 9.53 Å². The SMILES string of the molecule is COc1cc(-c2cc(-c3cccc(C(=O)NCCN(C)C)c3)cnc2N)ccn1. The second-order valence-corrected chi connectivity index (χ2v) is 6.88. The van der Waals surface area contributed by atoms with Crippen LogP contribution in [0.3, 0.4) is 0 Å². The summed E-state index contributed by atoms with van der Waals surface area (Å²) in [5, 5.41) is 2.93. The van der Waals surface area contributed by atoms with Gasteiger partial charge in [-0.3, -0.25) is 4.79 Å². The van der Waals surface area contributed by atoms with Crippen molar-refractivity contribution in [3.63, 3.8) is 0 Å². The van der Waals surface area contributed by atoms with E-state index in [1.165, 1.54) is 0 Å². The van der Waals surface area contributed by atoms with Crippen LogP contribution in [-0.2, 0) is 0 Å². The normalized spacial score (nSPS) is 10.8. The van der Waals surface area contributed by atoms with E-state index in [-0.39, 0.29) is 5.91 Å². The maximum atomic E-state index is 12.4. The number of rotatable bonds is 7. The molecular weight excluding hydrogens is 366 g/mol. The third kappa shape index (κ3) is 5.08. The van der Waals surface area contributed by atoms with Crippen LogP contribution in [0, 0.1) is 0 Å². The van der Waals surface area contributed by atoms with Gasteiger partial charge in [-0.15, -0.1) is 0 Å².